The van der Waals surface area contributed by atoms with E-state index in [1.54, 1.807) is 43.5 Å². The van der Waals surface area contributed by atoms with E-state index in [0.29, 0.717) is 22.7 Å². The lowest BCUT2D eigenvalue weighted by Gasteiger charge is -2.05. The van der Waals surface area contributed by atoms with Crippen LogP contribution in [0.25, 0.3) is 0 Å². The molecule has 1 aromatic heterocycles. The van der Waals surface area contributed by atoms with Gasteiger partial charge in [-0.2, -0.15) is 0 Å². The van der Waals surface area contributed by atoms with Crippen LogP contribution in [0, 0.1) is 5.82 Å². The molecule has 0 aliphatic carbocycles. The van der Waals surface area contributed by atoms with Crippen molar-refractivity contribution in [2.75, 3.05) is 12.4 Å². The number of ether oxygens (including phenoxy) is 1. The number of aromatic nitrogens is 1. The van der Waals surface area contributed by atoms with E-state index >= 15 is 0 Å². The van der Waals surface area contributed by atoms with Gasteiger partial charge < -0.3 is 10.1 Å². The minimum absolute atomic E-state index is 0.133. The van der Waals surface area contributed by atoms with Crippen LogP contribution in [-0.2, 0) is 17.0 Å². The molecule has 0 atom stereocenters. The van der Waals surface area contributed by atoms with Gasteiger partial charge in [-0.15, -0.1) is 11.3 Å². The number of nitrogens with one attached hydrogen (secondary N) is 1. The van der Waals surface area contributed by atoms with Crippen LogP contribution >= 0.6 is 23.1 Å². The highest BCUT2D eigenvalue weighted by atomic mass is 32.2. The van der Waals surface area contributed by atoms with Gasteiger partial charge in [-0.3, -0.25) is 4.79 Å². The van der Waals surface area contributed by atoms with Gasteiger partial charge in [0.15, 0.2) is 0 Å². The van der Waals surface area contributed by atoms with Crippen molar-refractivity contribution in [2.45, 2.75) is 16.5 Å². The topological polar surface area (TPSA) is 51.2 Å². The fraction of sp³-hybridized carbons (Fsp3) is 0.158. The lowest BCUT2D eigenvalue weighted by Crippen LogP contribution is -2.14. The fourth-order valence-electron chi connectivity index (χ4n) is 2.23. The third-order valence-corrected chi connectivity index (χ3v) is 5.67. The third kappa shape index (κ3) is 5.06. The predicted octanol–water partition coefficient (Wildman–Crippen LogP) is 4.76. The van der Waals surface area contributed by atoms with Gasteiger partial charge in [0.2, 0.25) is 5.91 Å². The molecule has 1 amide bonds. The van der Waals surface area contributed by atoms with Crippen LogP contribution < -0.4 is 10.1 Å². The molecule has 0 bridgehead atoms. The zero-order valence-corrected chi connectivity index (χ0v) is 15.7. The maximum Gasteiger partial charge on any atom is 0.230 e. The lowest BCUT2D eigenvalue weighted by molar-refractivity contribution is -0.115. The fourth-order valence-corrected chi connectivity index (χ4v) is 4.07. The van der Waals surface area contributed by atoms with Crippen molar-refractivity contribution in [3.05, 3.63) is 71.0 Å². The number of amides is 1. The van der Waals surface area contributed by atoms with E-state index in [1.165, 1.54) is 29.2 Å². The maximum atomic E-state index is 13.6. The minimum Gasteiger partial charge on any atom is -0.497 e. The molecule has 0 aliphatic heterocycles. The number of nitrogens with zero attached hydrogens (tertiary/aromatic N) is 1. The van der Waals surface area contributed by atoms with Crippen LogP contribution in [0.5, 0.6) is 5.75 Å². The van der Waals surface area contributed by atoms with Gasteiger partial charge in [0.05, 0.1) is 19.2 Å². The molecule has 1 N–H and O–H groups in total. The van der Waals surface area contributed by atoms with Gasteiger partial charge in [-0.25, -0.2) is 9.37 Å². The van der Waals surface area contributed by atoms with Crippen molar-refractivity contribution in [3.8, 4) is 5.75 Å². The molecule has 26 heavy (non-hydrogen) atoms. The van der Waals surface area contributed by atoms with E-state index < -0.39 is 0 Å². The summed E-state index contributed by atoms with van der Waals surface area (Å²) in [5, 5.41) is 4.69. The molecule has 7 heteroatoms. The number of thioether (sulfide) groups is 1. The van der Waals surface area contributed by atoms with Crippen molar-refractivity contribution < 1.29 is 13.9 Å². The Kier molecular flexibility index (Phi) is 6.25. The second kappa shape index (κ2) is 8.82. The first-order valence-corrected chi connectivity index (χ1v) is 9.75. The summed E-state index contributed by atoms with van der Waals surface area (Å²) in [5.74, 6) is 0.901. The quantitative estimate of drug-likeness (QED) is 0.593. The van der Waals surface area contributed by atoms with Crippen molar-refractivity contribution in [3.63, 3.8) is 0 Å². The number of hydrogen-bond acceptors (Lipinski definition) is 5. The number of carbonyl (C=O) groups is 1. The first-order chi connectivity index (χ1) is 12.6. The van der Waals surface area contributed by atoms with Crippen LogP contribution in [0.4, 0.5) is 10.1 Å². The van der Waals surface area contributed by atoms with Crippen molar-refractivity contribution >= 4 is 34.7 Å². The third-order valence-electron chi connectivity index (χ3n) is 3.56. The SMILES string of the molecule is COc1ccc(NC(=O)Cc2csc(SCc3ccccc3F)n2)cc1. The Morgan fingerprint density at radius 2 is 2.00 bits per heavy atom. The monoisotopic (exact) mass is 388 g/mol. The van der Waals surface area contributed by atoms with Gasteiger partial charge in [0.25, 0.3) is 0 Å². The molecule has 0 fully saturated rings. The average Bonchev–Trinajstić information content (AvgIpc) is 3.09. The largest absolute Gasteiger partial charge is 0.497 e. The normalized spacial score (nSPS) is 10.5. The standard InChI is InChI=1S/C19H17FN2O2S2/c1-24-16-8-6-14(7-9-16)21-18(23)10-15-12-26-19(22-15)25-11-13-4-2-3-5-17(13)20/h2-9,12H,10-11H2,1H3,(H,21,23). The van der Waals surface area contributed by atoms with Gasteiger partial charge >= 0.3 is 0 Å². The highest BCUT2D eigenvalue weighted by Crippen LogP contribution is 2.27. The number of hydrogen-bond donors (Lipinski definition) is 1. The van der Waals surface area contributed by atoms with E-state index in [-0.39, 0.29) is 18.1 Å². The molecular weight excluding hydrogens is 371 g/mol. The van der Waals surface area contributed by atoms with Crippen LogP contribution in [0.2, 0.25) is 0 Å². The molecule has 0 saturated carbocycles. The van der Waals surface area contributed by atoms with E-state index in [2.05, 4.69) is 10.3 Å². The Morgan fingerprint density at radius 1 is 1.23 bits per heavy atom. The number of rotatable bonds is 7. The summed E-state index contributed by atoms with van der Waals surface area (Å²) in [6.45, 7) is 0. The predicted molar refractivity (Wildman–Crippen MR) is 103 cm³/mol. The Labute approximate surface area is 159 Å². The zero-order valence-electron chi connectivity index (χ0n) is 14.1. The smallest absolute Gasteiger partial charge is 0.230 e. The Hall–Kier alpha value is -2.38. The summed E-state index contributed by atoms with van der Waals surface area (Å²) < 4.78 is 19.5. The number of methoxy groups -OCH3 is 1. The Bertz CT molecular complexity index is 881. The second-order valence-corrected chi connectivity index (χ2v) is 7.52. The molecule has 1 heterocycles. The van der Waals surface area contributed by atoms with Crippen molar-refractivity contribution in [2.24, 2.45) is 0 Å². The highest BCUT2D eigenvalue weighted by molar-refractivity contribution is 8.00. The van der Waals surface area contributed by atoms with Crippen LogP contribution in [0.1, 0.15) is 11.3 Å². The van der Waals surface area contributed by atoms with E-state index in [4.69, 9.17) is 4.74 Å². The Morgan fingerprint density at radius 3 is 2.73 bits per heavy atom. The number of anilines is 1. The summed E-state index contributed by atoms with van der Waals surface area (Å²) in [6, 6.07) is 13.8. The molecule has 3 aromatic rings. The summed E-state index contributed by atoms with van der Waals surface area (Å²) in [4.78, 5) is 16.6. The van der Waals surface area contributed by atoms with E-state index in [1.807, 2.05) is 11.4 Å². The molecule has 0 radical (unpaired) electrons. The molecular formula is C19H17FN2O2S2. The van der Waals surface area contributed by atoms with Crippen LogP contribution in [0.15, 0.2) is 58.3 Å². The zero-order chi connectivity index (χ0) is 18.4. The summed E-state index contributed by atoms with van der Waals surface area (Å²) in [5.41, 5.74) is 2.06. The molecule has 134 valence electrons. The maximum absolute atomic E-state index is 13.6. The summed E-state index contributed by atoms with van der Waals surface area (Å²) in [6.07, 6.45) is 0.197. The van der Waals surface area contributed by atoms with E-state index in [9.17, 15) is 9.18 Å². The first-order valence-electron chi connectivity index (χ1n) is 7.88. The van der Waals surface area contributed by atoms with Crippen molar-refractivity contribution in [1.82, 2.24) is 4.98 Å². The molecule has 2 aromatic carbocycles. The number of halogens is 1. The molecule has 4 nitrogen and oxygen atoms in total. The number of carbonyl (C=O) groups excluding carboxylic acids is 1. The van der Waals surface area contributed by atoms with Gasteiger partial charge in [-0.1, -0.05) is 30.0 Å². The van der Waals surface area contributed by atoms with Gasteiger partial charge in [-0.05, 0) is 35.9 Å². The minimum atomic E-state index is -0.212. The summed E-state index contributed by atoms with van der Waals surface area (Å²) >= 11 is 2.93. The number of benzene rings is 2. The highest BCUT2D eigenvalue weighted by Gasteiger charge is 2.10. The molecule has 0 aliphatic rings. The second-order valence-electron chi connectivity index (χ2n) is 5.44. The van der Waals surface area contributed by atoms with E-state index in [0.717, 1.165) is 10.1 Å². The van der Waals surface area contributed by atoms with Crippen LogP contribution in [0.3, 0.4) is 0 Å². The van der Waals surface area contributed by atoms with Crippen LogP contribution in [-0.4, -0.2) is 18.0 Å². The van der Waals surface area contributed by atoms with Gasteiger partial charge in [0, 0.05) is 16.8 Å². The number of thiazole rings is 1. The molecule has 3 rings (SSSR count). The molecule has 0 unspecified atom stereocenters. The average molecular weight is 388 g/mol. The molecule has 0 spiro atoms. The molecule has 0 saturated heterocycles. The van der Waals surface area contributed by atoms with Gasteiger partial charge in [0.1, 0.15) is 15.9 Å². The van der Waals surface area contributed by atoms with Crippen molar-refractivity contribution in [1.29, 1.82) is 0 Å². The Balaban J connectivity index is 1.52. The first kappa shape index (κ1) is 18.4. The lowest BCUT2D eigenvalue weighted by atomic mass is 10.2. The summed E-state index contributed by atoms with van der Waals surface area (Å²) in [7, 11) is 1.59.